The molecule has 78 valence electrons. The third-order valence-electron chi connectivity index (χ3n) is 1.47. The van der Waals surface area contributed by atoms with Crippen molar-refractivity contribution in [3.63, 3.8) is 0 Å². The van der Waals surface area contributed by atoms with Crippen LogP contribution in [0.2, 0.25) is 0 Å². The zero-order valence-electron chi connectivity index (χ0n) is 7.42. The summed E-state index contributed by atoms with van der Waals surface area (Å²) in [6.07, 6.45) is 1.25. The van der Waals surface area contributed by atoms with Crippen molar-refractivity contribution in [1.29, 1.82) is 0 Å². The molecule has 1 aromatic carbocycles. The zero-order chi connectivity index (χ0) is 11.3. The molecule has 0 aliphatic heterocycles. The van der Waals surface area contributed by atoms with Gasteiger partial charge in [-0.2, -0.15) is 0 Å². The molecule has 0 aliphatic carbocycles. The van der Waals surface area contributed by atoms with E-state index in [1.165, 1.54) is 34.4 Å². The van der Waals surface area contributed by atoms with Gasteiger partial charge >= 0.3 is 5.97 Å². The highest BCUT2D eigenvalue weighted by Gasteiger charge is 2.05. The van der Waals surface area contributed by atoms with Crippen LogP contribution >= 0.6 is 22.6 Å². The first kappa shape index (κ1) is 11.6. The Morgan fingerprint density at radius 1 is 1.40 bits per heavy atom. The van der Waals surface area contributed by atoms with Gasteiger partial charge in [-0.1, -0.05) is 22.6 Å². The third-order valence-corrected chi connectivity index (χ3v) is 1.82. The van der Waals surface area contributed by atoms with Crippen LogP contribution < -0.4 is 4.74 Å². The number of ether oxygens (including phenoxy) is 1. The molecule has 15 heavy (non-hydrogen) atoms. The van der Waals surface area contributed by atoms with E-state index in [0.717, 1.165) is 0 Å². The molecule has 5 nitrogen and oxygen atoms in total. The highest BCUT2D eigenvalue weighted by Crippen LogP contribution is 2.17. The number of carbonyl (C=O) groups excluding carboxylic acids is 1. The Hall–Kier alpha value is -1.44. The maximum absolute atomic E-state index is 11.0. The number of rotatable bonds is 3. The molecule has 0 fully saturated rings. The van der Waals surface area contributed by atoms with Gasteiger partial charge in [-0.25, -0.2) is 4.79 Å². The first-order valence-electron chi connectivity index (χ1n) is 3.86. The van der Waals surface area contributed by atoms with Crippen LogP contribution in [0.25, 0.3) is 0 Å². The van der Waals surface area contributed by atoms with Crippen LogP contribution in [0.3, 0.4) is 0 Å². The van der Waals surface area contributed by atoms with Gasteiger partial charge in [-0.3, -0.25) is 10.1 Å². The van der Waals surface area contributed by atoms with Crippen molar-refractivity contribution in [1.82, 2.24) is 0 Å². The highest BCUT2D eigenvalue weighted by molar-refractivity contribution is 14.1. The standard InChI is InChI=1S/C9H6INO4/c10-6-5-9(12)15-8-3-1-7(2-4-8)11(13)14/h1-6H/b6-5+. The van der Waals surface area contributed by atoms with Gasteiger partial charge in [0.15, 0.2) is 0 Å². The normalized spacial score (nSPS) is 10.2. The number of nitro benzene ring substituents is 1. The van der Waals surface area contributed by atoms with E-state index in [0.29, 0.717) is 0 Å². The van der Waals surface area contributed by atoms with Crippen LogP contribution in [-0.2, 0) is 4.79 Å². The summed E-state index contributed by atoms with van der Waals surface area (Å²) in [5.74, 6) is -0.238. The summed E-state index contributed by atoms with van der Waals surface area (Å²) in [6.45, 7) is 0. The molecule has 0 aliphatic rings. The lowest BCUT2D eigenvalue weighted by atomic mass is 10.3. The topological polar surface area (TPSA) is 69.4 Å². The van der Waals surface area contributed by atoms with Crippen molar-refractivity contribution >= 4 is 34.2 Å². The van der Waals surface area contributed by atoms with Crippen molar-refractivity contribution < 1.29 is 14.5 Å². The first-order chi connectivity index (χ1) is 7.13. The summed E-state index contributed by atoms with van der Waals surface area (Å²) >= 11 is 1.89. The molecule has 0 saturated carbocycles. The van der Waals surface area contributed by atoms with Crippen molar-refractivity contribution in [3.05, 3.63) is 44.5 Å². The lowest BCUT2D eigenvalue weighted by Crippen LogP contribution is -2.03. The number of hydrogen-bond donors (Lipinski definition) is 0. The van der Waals surface area contributed by atoms with Crippen LogP contribution in [-0.4, -0.2) is 10.9 Å². The van der Waals surface area contributed by atoms with Gasteiger partial charge in [-0.15, -0.1) is 0 Å². The zero-order valence-corrected chi connectivity index (χ0v) is 9.58. The average molecular weight is 319 g/mol. The van der Waals surface area contributed by atoms with Crippen LogP contribution in [0.15, 0.2) is 34.4 Å². The van der Waals surface area contributed by atoms with Gasteiger partial charge in [0.25, 0.3) is 5.69 Å². The van der Waals surface area contributed by atoms with Gasteiger partial charge in [0, 0.05) is 18.2 Å². The fraction of sp³-hybridized carbons (Fsp3) is 0. The average Bonchev–Trinajstić information content (AvgIpc) is 2.18. The molecular formula is C9H6INO4. The molecule has 0 heterocycles. The van der Waals surface area contributed by atoms with Crippen LogP contribution in [0.1, 0.15) is 0 Å². The molecule has 0 spiro atoms. The number of hydrogen-bond acceptors (Lipinski definition) is 4. The van der Waals surface area contributed by atoms with E-state index in [-0.39, 0.29) is 11.4 Å². The molecule has 0 bridgehead atoms. The number of nitro groups is 1. The van der Waals surface area contributed by atoms with Gasteiger partial charge in [0.1, 0.15) is 5.75 Å². The highest BCUT2D eigenvalue weighted by atomic mass is 127. The van der Waals surface area contributed by atoms with Crippen molar-refractivity contribution in [2.24, 2.45) is 0 Å². The monoisotopic (exact) mass is 319 g/mol. The summed E-state index contributed by atoms with van der Waals surface area (Å²) in [7, 11) is 0. The molecule has 0 aromatic heterocycles. The molecule has 1 rings (SSSR count). The largest absolute Gasteiger partial charge is 0.423 e. The number of carbonyl (C=O) groups is 1. The molecule has 6 heteroatoms. The van der Waals surface area contributed by atoms with E-state index in [9.17, 15) is 14.9 Å². The van der Waals surface area contributed by atoms with E-state index in [1.54, 1.807) is 0 Å². The Morgan fingerprint density at radius 2 is 2.00 bits per heavy atom. The molecule has 0 radical (unpaired) electrons. The van der Waals surface area contributed by atoms with Crippen LogP contribution in [0, 0.1) is 10.1 Å². The van der Waals surface area contributed by atoms with Crippen molar-refractivity contribution in [2.75, 3.05) is 0 Å². The van der Waals surface area contributed by atoms with Gasteiger partial charge in [0.2, 0.25) is 0 Å². The molecule has 1 aromatic rings. The minimum atomic E-state index is -0.518. The number of halogens is 1. The van der Waals surface area contributed by atoms with Gasteiger partial charge < -0.3 is 4.74 Å². The predicted molar refractivity (Wildman–Crippen MR) is 61.9 cm³/mol. The summed E-state index contributed by atoms with van der Waals surface area (Å²) in [5.41, 5.74) is -0.0424. The Labute approximate surface area is 99.0 Å². The molecule has 0 amide bonds. The number of benzene rings is 1. The van der Waals surface area contributed by atoms with Crippen molar-refractivity contribution in [3.8, 4) is 5.75 Å². The summed E-state index contributed by atoms with van der Waals surface area (Å²) < 4.78 is 6.36. The lowest BCUT2D eigenvalue weighted by molar-refractivity contribution is -0.384. The first-order valence-corrected chi connectivity index (χ1v) is 5.11. The molecule has 0 atom stereocenters. The Balaban J connectivity index is 2.72. The Kier molecular flexibility index (Phi) is 4.22. The lowest BCUT2D eigenvalue weighted by Gasteiger charge is -1.99. The van der Waals surface area contributed by atoms with Crippen molar-refractivity contribution in [2.45, 2.75) is 0 Å². The number of esters is 1. The maximum Gasteiger partial charge on any atom is 0.336 e. The van der Waals surface area contributed by atoms with E-state index in [4.69, 9.17) is 4.74 Å². The van der Waals surface area contributed by atoms with E-state index < -0.39 is 10.9 Å². The fourth-order valence-electron chi connectivity index (χ4n) is 0.838. The van der Waals surface area contributed by atoms with E-state index in [1.807, 2.05) is 22.6 Å². The molecule has 0 unspecified atom stereocenters. The predicted octanol–water partition coefficient (Wildman–Crippen LogP) is 2.45. The quantitative estimate of drug-likeness (QED) is 0.214. The second-order valence-corrected chi connectivity index (χ2v) is 3.18. The van der Waals surface area contributed by atoms with Crippen LogP contribution in [0.4, 0.5) is 5.69 Å². The maximum atomic E-state index is 11.0. The van der Waals surface area contributed by atoms with E-state index >= 15 is 0 Å². The number of nitrogens with zero attached hydrogens (tertiary/aromatic N) is 1. The minimum Gasteiger partial charge on any atom is -0.423 e. The smallest absolute Gasteiger partial charge is 0.336 e. The molecular weight excluding hydrogens is 313 g/mol. The Bertz CT molecular complexity index is 399. The minimum absolute atomic E-state index is 0.0424. The second-order valence-electron chi connectivity index (χ2n) is 2.46. The molecule has 0 N–H and O–H groups in total. The third kappa shape index (κ3) is 3.66. The van der Waals surface area contributed by atoms with Gasteiger partial charge in [0.05, 0.1) is 4.92 Å². The second kappa shape index (κ2) is 5.44. The molecule has 0 saturated heterocycles. The summed E-state index contributed by atoms with van der Waals surface area (Å²) in [5, 5.41) is 10.3. The number of non-ortho nitro benzene ring substituents is 1. The fourth-order valence-corrected chi connectivity index (χ4v) is 1.13. The van der Waals surface area contributed by atoms with Crippen LogP contribution in [0.5, 0.6) is 5.75 Å². The summed E-state index contributed by atoms with van der Waals surface area (Å²) in [6, 6.07) is 5.29. The van der Waals surface area contributed by atoms with Gasteiger partial charge in [-0.05, 0) is 16.2 Å². The van der Waals surface area contributed by atoms with E-state index in [2.05, 4.69) is 0 Å². The summed E-state index contributed by atoms with van der Waals surface area (Å²) in [4.78, 5) is 20.8. The Morgan fingerprint density at radius 3 is 2.47 bits per heavy atom. The SMILES string of the molecule is O=C(/C=C/I)Oc1ccc([N+](=O)[O-])cc1.